The lowest BCUT2D eigenvalue weighted by atomic mass is 10.1. The van der Waals surface area contributed by atoms with Gasteiger partial charge < -0.3 is 15.0 Å². The maximum absolute atomic E-state index is 11.4. The molecule has 0 amide bonds. The Morgan fingerprint density at radius 3 is 2.28 bits per heavy atom. The molecule has 1 saturated heterocycles. The number of nitrogens with zero attached hydrogens (tertiary/aromatic N) is 1. The van der Waals surface area contributed by atoms with Gasteiger partial charge in [-0.15, -0.1) is 0 Å². The Morgan fingerprint density at radius 1 is 1.22 bits per heavy atom. The molecule has 18 heavy (non-hydrogen) atoms. The maximum atomic E-state index is 11.4. The van der Waals surface area contributed by atoms with Crippen LogP contribution in [-0.2, 0) is 4.74 Å². The quantitative estimate of drug-likeness (QED) is 0.808. The summed E-state index contributed by atoms with van der Waals surface area (Å²) < 4.78 is 4.69. The highest BCUT2D eigenvalue weighted by Gasteiger charge is 2.21. The first-order valence-electron chi connectivity index (χ1n) is 6.29. The lowest BCUT2D eigenvalue weighted by Gasteiger charge is -2.37. The summed E-state index contributed by atoms with van der Waals surface area (Å²) in [4.78, 5) is 13.7. The molecular weight excluding hydrogens is 228 g/mol. The molecule has 0 aromatic heterocycles. The van der Waals surface area contributed by atoms with Crippen molar-refractivity contribution < 1.29 is 9.53 Å². The van der Waals surface area contributed by atoms with E-state index in [0.717, 1.165) is 18.8 Å². The molecule has 0 bridgehead atoms. The van der Waals surface area contributed by atoms with E-state index in [-0.39, 0.29) is 5.97 Å². The summed E-state index contributed by atoms with van der Waals surface area (Å²) in [5.41, 5.74) is 1.75. The van der Waals surface area contributed by atoms with Gasteiger partial charge in [-0.3, -0.25) is 0 Å². The fourth-order valence-electron chi connectivity index (χ4n) is 2.46. The van der Waals surface area contributed by atoms with Crippen LogP contribution in [0.3, 0.4) is 0 Å². The molecule has 1 aromatic rings. The summed E-state index contributed by atoms with van der Waals surface area (Å²) in [6.45, 7) is 6.35. The molecule has 98 valence electrons. The number of carbonyl (C=O) groups is 1. The normalized spacial score (nSPS) is 23.8. The Labute approximate surface area is 108 Å². The average molecular weight is 248 g/mol. The first kappa shape index (κ1) is 12.9. The lowest BCUT2D eigenvalue weighted by Crippen LogP contribution is -2.54. The molecule has 0 aliphatic carbocycles. The first-order valence-corrected chi connectivity index (χ1v) is 6.29. The number of piperazine rings is 1. The summed E-state index contributed by atoms with van der Waals surface area (Å²) in [6, 6.07) is 8.56. The van der Waals surface area contributed by atoms with Gasteiger partial charge in [0, 0.05) is 30.9 Å². The number of esters is 1. The summed E-state index contributed by atoms with van der Waals surface area (Å²) in [5, 5.41) is 3.50. The number of carbonyl (C=O) groups excluding carboxylic acids is 1. The number of methoxy groups -OCH3 is 1. The summed E-state index contributed by atoms with van der Waals surface area (Å²) in [6.07, 6.45) is 0. The van der Waals surface area contributed by atoms with Crippen molar-refractivity contribution in [2.45, 2.75) is 25.9 Å². The van der Waals surface area contributed by atoms with Gasteiger partial charge in [0.25, 0.3) is 0 Å². The fourth-order valence-corrected chi connectivity index (χ4v) is 2.46. The molecule has 1 aliphatic heterocycles. The van der Waals surface area contributed by atoms with E-state index in [1.165, 1.54) is 7.11 Å². The Bertz CT molecular complexity index is 406. The first-order chi connectivity index (χ1) is 8.60. The van der Waals surface area contributed by atoms with Gasteiger partial charge in [-0.05, 0) is 38.1 Å². The minimum atomic E-state index is -0.288. The minimum absolute atomic E-state index is 0.288. The van der Waals surface area contributed by atoms with Crippen molar-refractivity contribution in [1.82, 2.24) is 5.32 Å². The van der Waals surface area contributed by atoms with Gasteiger partial charge in [0.2, 0.25) is 0 Å². The second kappa shape index (κ2) is 5.40. The van der Waals surface area contributed by atoms with E-state index in [2.05, 4.69) is 24.1 Å². The number of rotatable bonds is 2. The second-order valence-corrected chi connectivity index (χ2v) is 4.91. The number of anilines is 1. The van der Waals surface area contributed by atoms with Crippen molar-refractivity contribution in [3.05, 3.63) is 29.8 Å². The van der Waals surface area contributed by atoms with Gasteiger partial charge in [0.05, 0.1) is 12.7 Å². The van der Waals surface area contributed by atoms with Gasteiger partial charge in [-0.25, -0.2) is 4.79 Å². The standard InChI is InChI=1S/C14H20N2O2/c1-10-8-16(9-11(2)15-10)13-6-4-12(5-7-13)14(17)18-3/h4-7,10-11,15H,8-9H2,1-3H3/t10-,11+. The maximum Gasteiger partial charge on any atom is 0.337 e. The van der Waals surface area contributed by atoms with Crippen LogP contribution in [0.5, 0.6) is 0 Å². The molecule has 1 aliphatic rings. The van der Waals surface area contributed by atoms with Gasteiger partial charge in [-0.1, -0.05) is 0 Å². The van der Waals surface area contributed by atoms with Crippen LogP contribution in [0.1, 0.15) is 24.2 Å². The zero-order valence-corrected chi connectivity index (χ0v) is 11.1. The lowest BCUT2D eigenvalue weighted by molar-refractivity contribution is 0.0601. The van der Waals surface area contributed by atoms with Crippen molar-refractivity contribution in [3.63, 3.8) is 0 Å². The van der Waals surface area contributed by atoms with Crippen LogP contribution in [0.4, 0.5) is 5.69 Å². The Hall–Kier alpha value is -1.55. The molecule has 0 unspecified atom stereocenters. The van der Waals surface area contributed by atoms with E-state index >= 15 is 0 Å². The third-order valence-corrected chi connectivity index (χ3v) is 3.21. The smallest absolute Gasteiger partial charge is 0.337 e. The zero-order valence-electron chi connectivity index (χ0n) is 11.1. The minimum Gasteiger partial charge on any atom is -0.465 e. The van der Waals surface area contributed by atoms with Crippen LogP contribution in [0.15, 0.2) is 24.3 Å². The Morgan fingerprint density at radius 2 is 1.78 bits per heavy atom. The second-order valence-electron chi connectivity index (χ2n) is 4.91. The number of hydrogen-bond donors (Lipinski definition) is 1. The predicted molar refractivity (Wildman–Crippen MR) is 72.1 cm³/mol. The molecule has 0 spiro atoms. The molecule has 1 heterocycles. The highest BCUT2D eigenvalue weighted by Crippen LogP contribution is 2.18. The number of benzene rings is 1. The number of nitrogens with one attached hydrogen (secondary N) is 1. The summed E-state index contributed by atoms with van der Waals surface area (Å²) >= 11 is 0. The van der Waals surface area contributed by atoms with Crippen LogP contribution < -0.4 is 10.2 Å². The van der Waals surface area contributed by atoms with E-state index in [9.17, 15) is 4.79 Å². The SMILES string of the molecule is COC(=O)c1ccc(N2C[C@@H](C)N[C@@H](C)C2)cc1. The van der Waals surface area contributed by atoms with Gasteiger partial charge in [0.15, 0.2) is 0 Å². The van der Waals surface area contributed by atoms with Crippen molar-refractivity contribution in [3.8, 4) is 0 Å². The fraction of sp³-hybridized carbons (Fsp3) is 0.500. The van der Waals surface area contributed by atoms with E-state index in [4.69, 9.17) is 4.74 Å². The number of ether oxygens (including phenoxy) is 1. The third-order valence-electron chi connectivity index (χ3n) is 3.21. The highest BCUT2D eigenvalue weighted by atomic mass is 16.5. The molecular formula is C14H20N2O2. The summed E-state index contributed by atoms with van der Waals surface area (Å²) in [7, 11) is 1.40. The van der Waals surface area contributed by atoms with E-state index in [1.807, 2.05) is 24.3 Å². The topological polar surface area (TPSA) is 41.6 Å². The molecule has 1 aromatic carbocycles. The van der Waals surface area contributed by atoms with E-state index < -0.39 is 0 Å². The molecule has 2 atom stereocenters. The molecule has 0 radical (unpaired) electrons. The molecule has 0 saturated carbocycles. The molecule has 2 rings (SSSR count). The third kappa shape index (κ3) is 2.82. The highest BCUT2D eigenvalue weighted by molar-refractivity contribution is 5.89. The van der Waals surface area contributed by atoms with Gasteiger partial charge in [-0.2, -0.15) is 0 Å². The Kier molecular flexibility index (Phi) is 3.87. The largest absolute Gasteiger partial charge is 0.465 e. The van der Waals surface area contributed by atoms with E-state index in [1.54, 1.807) is 0 Å². The molecule has 4 heteroatoms. The molecule has 1 fully saturated rings. The van der Waals surface area contributed by atoms with Crippen LogP contribution in [0.25, 0.3) is 0 Å². The number of hydrogen-bond acceptors (Lipinski definition) is 4. The van der Waals surface area contributed by atoms with Crippen molar-refractivity contribution >= 4 is 11.7 Å². The van der Waals surface area contributed by atoms with Gasteiger partial charge >= 0.3 is 5.97 Å². The summed E-state index contributed by atoms with van der Waals surface area (Å²) in [5.74, 6) is -0.288. The average Bonchev–Trinajstić information content (AvgIpc) is 2.37. The van der Waals surface area contributed by atoms with Crippen LogP contribution >= 0.6 is 0 Å². The molecule has 4 nitrogen and oxygen atoms in total. The van der Waals surface area contributed by atoms with Crippen molar-refractivity contribution in [2.24, 2.45) is 0 Å². The monoisotopic (exact) mass is 248 g/mol. The van der Waals surface area contributed by atoms with Crippen molar-refractivity contribution in [1.29, 1.82) is 0 Å². The van der Waals surface area contributed by atoms with Crippen LogP contribution in [-0.4, -0.2) is 38.3 Å². The Balaban J connectivity index is 2.11. The van der Waals surface area contributed by atoms with Crippen LogP contribution in [0.2, 0.25) is 0 Å². The predicted octanol–water partition coefficient (Wildman–Crippen LogP) is 1.66. The zero-order chi connectivity index (χ0) is 13.1. The van der Waals surface area contributed by atoms with Crippen molar-refractivity contribution in [2.75, 3.05) is 25.1 Å². The van der Waals surface area contributed by atoms with Gasteiger partial charge in [0.1, 0.15) is 0 Å². The van der Waals surface area contributed by atoms with Crippen LogP contribution in [0, 0.1) is 0 Å². The molecule has 1 N–H and O–H groups in total. The van der Waals surface area contributed by atoms with E-state index in [0.29, 0.717) is 17.6 Å².